The van der Waals surface area contributed by atoms with Gasteiger partial charge in [0.25, 0.3) is 0 Å². The summed E-state index contributed by atoms with van der Waals surface area (Å²) in [6.07, 6.45) is 0.866. The summed E-state index contributed by atoms with van der Waals surface area (Å²) in [6.45, 7) is 1.66. The first-order valence-corrected chi connectivity index (χ1v) is 12.6. The molecule has 12 heteroatoms. The molecule has 0 aliphatic carbocycles. The van der Waals surface area contributed by atoms with Gasteiger partial charge in [-0.3, -0.25) is 14.9 Å². The fourth-order valence-electron chi connectivity index (χ4n) is 4.46. The van der Waals surface area contributed by atoms with Crippen LogP contribution in [-0.2, 0) is 17.8 Å². The molecule has 1 unspecified atom stereocenters. The number of fused-ring (bicyclic) bond motifs is 2. The highest BCUT2D eigenvalue weighted by molar-refractivity contribution is 6.14. The molecule has 1 aliphatic rings. The molecule has 7 N–H and O–H groups in total. The van der Waals surface area contributed by atoms with Gasteiger partial charge >= 0.3 is 17.9 Å². The third-order valence-electron chi connectivity index (χ3n) is 6.38. The number of carbonyl (C=O) groups is 4. The first-order chi connectivity index (χ1) is 19.5. The number of esters is 1. The van der Waals surface area contributed by atoms with Crippen LogP contribution in [0, 0.1) is 6.92 Å². The zero-order valence-electron chi connectivity index (χ0n) is 22.0. The highest BCUT2D eigenvalue weighted by Crippen LogP contribution is 2.36. The summed E-state index contributed by atoms with van der Waals surface area (Å²) in [7, 11) is 0. The molecule has 4 rings (SSSR count). The van der Waals surface area contributed by atoms with Gasteiger partial charge in [0.1, 0.15) is 0 Å². The molecule has 0 fully saturated rings. The van der Waals surface area contributed by atoms with Crippen molar-refractivity contribution >= 4 is 35.3 Å². The fraction of sp³-hybridized carbons (Fsp3) is 0.207. The number of aryl methyl sites for hydroxylation is 2. The number of nitrogens with one attached hydrogen (secondary N) is 1. The molecule has 0 radical (unpaired) electrons. The number of benzene rings is 3. The lowest BCUT2D eigenvalue weighted by Crippen LogP contribution is -2.43. The number of hydrogen-bond donors (Lipinski definition) is 5. The Labute approximate surface area is 234 Å². The molecule has 1 atom stereocenters. The number of guanidine groups is 1. The van der Waals surface area contributed by atoms with Crippen LogP contribution in [0.15, 0.2) is 59.6 Å². The highest BCUT2D eigenvalue weighted by atomic mass is 16.6. The van der Waals surface area contributed by atoms with Crippen molar-refractivity contribution in [2.75, 3.05) is 6.61 Å². The molecule has 212 valence electrons. The van der Waals surface area contributed by atoms with E-state index >= 15 is 0 Å². The average molecular weight is 561 g/mol. The van der Waals surface area contributed by atoms with Crippen molar-refractivity contribution in [3.05, 3.63) is 88.0 Å². The Kier molecular flexibility index (Phi) is 8.63. The SMILES string of the molecule is Cc1ccc2c(c1C(=O)C(NCc1cccc(C(=O)O)c1)C(=O)O)OCCCc1cc(N=C(N)N)ccc1C(=O)O2. The van der Waals surface area contributed by atoms with Crippen molar-refractivity contribution in [1.29, 1.82) is 0 Å². The fourth-order valence-corrected chi connectivity index (χ4v) is 4.46. The molecule has 0 spiro atoms. The van der Waals surface area contributed by atoms with Crippen molar-refractivity contribution in [3.8, 4) is 11.5 Å². The molecule has 12 nitrogen and oxygen atoms in total. The lowest BCUT2D eigenvalue weighted by Gasteiger charge is -2.21. The summed E-state index contributed by atoms with van der Waals surface area (Å²) in [5.41, 5.74) is 13.2. The second kappa shape index (κ2) is 12.3. The van der Waals surface area contributed by atoms with Crippen LogP contribution >= 0.6 is 0 Å². The number of carboxylic acid groups (broad SMARTS) is 2. The van der Waals surface area contributed by atoms with Crippen LogP contribution in [0.5, 0.6) is 11.5 Å². The number of Topliss-reactive ketones (excluding diaryl/α,β-unsaturated/α-hetero) is 1. The molecule has 41 heavy (non-hydrogen) atoms. The predicted molar refractivity (Wildman–Crippen MR) is 148 cm³/mol. The second-order valence-electron chi connectivity index (χ2n) is 9.33. The van der Waals surface area contributed by atoms with E-state index in [1.807, 2.05) is 0 Å². The number of rotatable bonds is 8. The Morgan fingerprint density at radius 3 is 2.56 bits per heavy atom. The van der Waals surface area contributed by atoms with Gasteiger partial charge in [-0.2, -0.15) is 0 Å². The molecule has 0 saturated carbocycles. The summed E-state index contributed by atoms with van der Waals surface area (Å²) in [6, 6.07) is 12.0. The Balaban J connectivity index is 1.65. The third kappa shape index (κ3) is 6.68. The van der Waals surface area contributed by atoms with Gasteiger partial charge in [-0.15, -0.1) is 0 Å². The maximum atomic E-state index is 13.6. The Bertz CT molecular complexity index is 1560. The number of ketones is 1. The van der Waals surface area contributed by atoms with E-state index in [-0.39, 0.29) is 47.3 Å². The van der Waals surface area contributed by atoms with Crippen molar-refractivity contribution in [2.24, 2.45) is 16.5 Å². The van der Waals surface area contributed by atoms with Gasteiger partial charge in [-0.05, 0) is 72.9 Å². The first kappa shape index (κ1) is 28.8. The van der Waals surface area contributed by atoms with E-state index in [0.717, 1.165) is 0 Å². The van der Waals surface area contributed by atoms with Gasteiger partial charge in [0, 0.05) is 6.54 Å². The number of ether oxygens (including phenoxy) is 2. The van der Waals surface area contributed by atoms with Crippen LogP contribution in [0.3, 0.4) is 0 Å². The number of aromatic carboxylic acids is 1. The van der Waals surface area contributed by atoms with Crippen LogP contribution in [0.2, 0.25) is 0 Å². The number of nitrogens with two attached hydrogens (primary N) is 2. The number of aliphatic imine (C=N–C) groups is 1. The minimum atomic E-state index is -1.70. The van der Waals surface area contributed by atoms with Crippen LogP contribution in [0.1, 0.15) is 54.2 Å². The standard InChI is InChI=1S/C29H28N4O8/c1-15-7-10-21-25(40-11-3-6-17-13-19(33-29(30)31)8-9-20(17)28(39)41-21)22(15)24(34)23(27(37)38)32-14-16-4-2-5-18(12-16)26(35)36/h2,4-5,7-10,12-13,23,32H,3,6,11,14H2,1H3,(H,35,36)(H,37,38)(H4,30,31,33). The maximum Gasteiger partial charge on any atom is 0.343 e. The van der Waals surface area contributed by atoms with Gasteiger partial charge in [0.05, 0.1) is 29.0 Å². The summed E-state index contributed by atoms with van der Waals surface area (Å²) < 4.78 is 11.6. The van der Waals surface area contributed by atoms with Crippen molar-refractivity contribution in [3.63, 3.8) is 0 Å². The number of carbonyl (C=O) groups excluding carboxylic acids is 2. The van der Waals surface area contributed by atoms with Crippen molar-refractivity contribution in [1.82, 2.24) is 5.32 Å². The van der Waals surface area contributed by atoms with Crippen LogP contribution in [0.4, 0.5) is 5.69 Å². The average Bonchev–Trinajstić information content (AvgIpc) is 2.91. The van der Waals surface area contributed by atoms with Crippen molar-refractivity contribution in [2.45, 2.75) is 32.4 Å². The van der Waals surface area contributed by atoms with Gasteiger partial charge in [0.2, 0.25) is 0 Å². The molecule has 1 aliphatic heterocycles. The van der Waals surface area contributed by atoms with Crippen LogP contribution < -0.4 is 26.3 Å². The Morgan fingerprint density at radius 1 is 1.07 bits per heavy atom. The number of nitrogens with zero attached hydrogens (tertiary/aromatic N) is 1. The number of hydrogen-bond acceptors (Lipinski definition) is 8. The third-order valence-corrected chi connectivity index (χ3v) is 6.38. The second-order valence-corrected chi connectivity index (χ2v) is 9.33. The maximum absolute atomic E-state index is 13.6. The van der Waals surface area contributed by atoms with Gasteiger partial charge in [-0.1, -0.05) is 18.2 Å². The van der Waals surface area contributed by atoms with E-state index in [9.17, 15) is 29.4 Å². The summed E-state index contributed by atoms with van der Waals surface area (Å²) in [5.74, 6) is -4.28. The molecule has 0 bridgehead atoms. The number of aliphatic carboxylic acids is 1. The zero-order chi connectivity index (χ0) is 29.7. The summed E-state index contributed by atoms with van der Waals surface area (Å²) in [5, 5.41) is 21.8. The highest BCUT2D eigenvalue weighted by Gasteiger charge is 2.33. The van der Waals surface area contributed by atoms with E-state index < -0.39 is 29.7 Å². The normalized spacial score (nSPS) is 13.4. The van der Waals surface area contributed by atoms with Gasteiger partial charge in [0.15, 0.2) is 29.3 Å². The van der Waals surface area contributed by atoms with E-state index in [1.54, 1.807) is 31.2 Å². The quantitative estimate of drug-likeness (QED) is 0.0676. The molecular formula is C29H28N4O8. The summed E-state index contributed by atoms with van der Waals surface area (Å²) in [4.78, 5) is 54.3. The monoisotopic (exact) mass is 560 g/mol. The predicted octanol–water partition coefficient (Wildman–Crippen LogP) is 2.57. The first-order valence-electron chi connectivity index (χ1n) is 12.6. The molecule has 0 aromatic heterocycles. The molecule has 3 aromatic rings. The molecule has 0 saturated heterocycles. The van der Waals surface area contributed by atoms with Crippen LogP contribution in [-0.4, -0.2) is 52.5 Å². The van der Waals surface area contributed by atoms with Gasteiger partial charge < -0.3 is 31.2 Å². The molecular weight excluding hydrogens is 532 g/mol. The minimum Gasteiger partial charge on any atom is -0.489 e. The Morgan fingerprint density at radius 2 is 1.85 bits per heavy atom. The van der Waals surface area contributed by atoms with E-state index in [1.165, 1.54) is 30.3 Å². The lowest BCUT2D eigenvalue weighted by molar-refractivity contribution is -0.138. The topological polar surface area (TPSA) is 204 Å². The molecule has 1 heterocycles. The zero-order valence-corrected chi connectivity index (χ0v) is 22.0. The molecule has 0 amide bonds. The largest absolute Gasteiger partial charge is 0.489 e. The lowest BCUT2D eigenvalue weighted by atomic mass is 9.97. The van der Waals surface area contributed by atoms with E-state index in [2.05, 4.69) is 10.3 Å². The van der Waals surface area contributed by atoms with Crippen molar-refractivity contribution < 1.29 is 38.9 Å². The summed E-state index contributed by atoms with van der Waals surface area (Å²) >= 11 is 0. The van der Waals surface area contributed by atoms with E-state index in [4.69, 9.17) is 20.9 Å². The molecule has 3 aromatic carbocycles. The van der Waals surface area contributed by atoms with Gasteiger partial charge in [-0.25, -0.2) is 14.6 Å². The number of carboxylic acids is 2. The Hall–Kier alpha value is -5.23. The van der Waals surface area contributed by atoms with Crippen LogP contribution in [0.25, 0.3) is 0 Å². The minimum absolute atomic E-state index is 0.0269. The smallest absolute Gasteiger partial charge is 0.343 e. The van der Waals surface area contributed by atoms with E-state index in [0.29, 0.717) is 35.2 Å².